The minimum atomic E-state index is -3.44. The van der Waals surface area contributed by atoms with Crippen LogP contribution in [-0.2, 0) is 20.4 Å². The van der Waals surface area contributed by atoms with Gasteiger partial charge in [-0.05, 0) is 12.5 Å². The number of carbonyl (C=O) groups excluding carboxylic acids is 1. The van der Waals surface area contributed by atoms with E-state index in [1.807, 2.05) is 0 Å². The molecule has 0 aromatic heterocycles. The average Bonchev–Trinajstić information content (AvgIpc) is 2.17. The van der Waals surface area contributed by atoms with E-state index in [0.29, 0.717) is 5.56 Å². The molecule has 5 heteroatoms. The van der Waals surface area contributed by atoms with Gasteiger partial charge in [0, 0.05) is 11.0 Å². The van der Waals surface area contributed by atoms with Gasteiger partial charge < -0.3 is 5.73 Å². The molecule has 2 N–H and O–H groups in total. The zero-order valence-electron chi connectivity index (χ0n) is 8.88. The monoisotopic (exact) mass is 239 g/mol. The summed E-state index contributed by atoms with van der Waals surface area (Å²) in [5.41, 5.74) is 5.68. The van der Waals surface area contributed by atoms with Crippen LogP contribution in [0.4, 0.5) is 0 Å². The SMILES string of the molecule is CC(=CS(=O)(=O)Cc1ccccc1)C(N)=O. The second-order valence-corrected chi connectivity index (χ2v) is 5.31. The number of rotatable bonds is 4. The molecule has 0 heterocycles. The van der Waals surface area contributed by atoms with Gasteiger partial charge in [-0.2, -0.15) is 0 Å². The van der Waals surface area contributed by atoms with Gasteiger partial charge in [0.2, 0.25) is 5.91 Å². The van der Waals surface area contributed by atoms with Gasteiger partial charge in [-0.3, -0.25) is 4.79 Å². The smallest absolute Gasteiger partial charge is 0.245 e. The van der Waals surface area contributed by atoms with E-state index in [1.54, 1.807) is 30.3 Å². The van der Waals surface area contributed by atoms with Crippen molar-refractivity contribution in [2.75, 3.05) is 0 Å². The van der Waals surface area contributed by atoms with Gasteiger partial charge in [-0.1, -0.05) is 30.3 Å². The first kappa shape index (κ1) is 12.4. The first-order valence-corrected chi connectivity index (χ1v) is 6.37. The molecule has 0 spiro atoms. The molecule has 0 aliphatic heterocycles. The molecule has 1 amide bonds. The maximum Gasteiger partial charge on any atom is 0.245 e. The van der Waals surface area contributed by atoms with E-state index in [4.69, 9.17) is 5.73 Å². The highest BCUT2D eigenvalue weighted by Gasteiger charge is 2.10. The summed E-state index contributed by atoms with van der Waals surface area (Å²) < 4.78 is 23.3. The van der Waals surface area contributed by atoms with Crippen LogP contribution >= 0.6 is 0 Å². The molecule has 0 saturated heterocycles. The zero-order chi connectivity index (χ0) is 12.2. The molecule has 0 aliphatic rings. The summed E-state index contributed by atoms with van der Waals surface area (Å²) in [6, 6.07) is 8.75. The lowest BCUT2D eigenvalue weighted by molar-refractivity contribution is -0.114. The molecule has 0 aliphatic carbocycles. The van der Waals surface area contributed by atoms with Gasteiger partial charge in [-0.25, -0.2) is 8.42 Å². The molecule has 0 unspecified atom stereocenters. The Kier molecular flexibility index (Phi) is 3.84. The molecule has 0 fully saturated rings. The van der Waals surface area contributed by atoms with Crippen molar-refractivity contribution in [2.24, 2.45) is 5.73 Å². The van der Waals surface area contributed by atoms with Crippen molar-refractivity contribution in [3.63, 3.8) is 0 Å². The highest BCUT2D eigenvalue weighted by Crippen LogP contribution is 2.08. The van der Waals surface area contributed by atoms with Crippen LogP contribution in [-0.4, -0.2) is 14.3 Å². The fraction of sp³-hybridized carbons (Fsp3) is 0.182. The lowest BCUT2D eigenvalue weighted by Crippen LogP contribution is -2.13. The molecule has 0 bridgehead atoms. The van der Waals surface area contributed by atoms with Crippen molar-refractivity contribution >= 4 is 15.7 Å². The minimum Gasteiger partial charge on any atom is -0.366 e. The van der Waals surface area contributed by atoms with Crippen LogP contribution in [0, 0.1) is 0 Å². The number of amides is 1. The molecule has 1 aromatic rings. The topological polar surface area (TPSA) is 77.2 Å². The summed E-state index contributed by atoms with van der Waals surface area (Å²) in [6.45, 7) is 1.38. The zero-order valence-corrected chi connectivity index (χ0v) is 9.70. The van der Waals surface area contributed by atoms with Crippen LogP contribution in [0.25, 0.3) is 0 Å². The van der Waals surface area contributed by atoms with Crippen LogP contribution in [0.5, 0.6) is 0 Å². The first-order valence-electron chi connectivity index (χ1n) is 4.65. The summed E-state index contributed by atoms with van der Waals surface area (Å²) in [4.78, 5) is 10.7. The summed E-state index contributed by atoms with van der Waals surface area (Å²) in [5, 5.41) is 0.919. The second-order valence-electron chi connectivity index (χ2n) is 3.46. The molecule has 86 valence electrons. The Bertz CT molecular complexity index is 503. The van der Waals surface area contributed by atoms with E-state index in [-0.39, 0.29) is 11.3 Å². The highest BCUT2D eigenvalue weighted by molar-refractivity contribution is 7.93. The maximum absolute atomic E-state index is 11.6. The molecule has 0 radical (unpaired) electrons. The Labute approximate surface area is 94.7 Å². The number of carbonyl (C=O) groups is 1. The average molecular weight is 239 g/mol. The number of benzene rings is 1. The molecular formula is C11H13NO3S. The predicted molar refractivity (Wildman–Crippen MR) is 62.0 cm³/mol. The third-order valence-electron chi connectivity index (χ3n) is 1.96. The molecule has 1 aromatic carbocycles. The second kappa shape index (κ2) is 4.94. The van der Waals surface area contributed by atoms with E-state index >= 15 is 0 Å². The first-order chi connectivity index (χ1) is 7.41. The van der Waals surface area contributed by atoms with E-state index in [1.165, 1.54) is 6.92 Å². The van der Waals surface area contributed by atoms with Crippen LogP contribution in [0.1, 0.15) is 12.5 Å². The molecule has 0 atom stereocenters. The molecule has 4 nitrogen and oxygen atoms in total. The van der Waals surface area contributed by atoms with E-state index in [2.05, 4.69) is 0 Å². The van der Waals surface area contributed by atoms with Crippen molar-refractivity contribution < 1.29 is 13.2 Å². The summed E-state index contributed by atoms with van der Waals surface area (Å²) in [7, 11) is -3.44. The van der Waals surface area contributed by atoms with E-state index in [0.717, 1.165) is 5.41 Å². The lowest BCUT2D eigenvalue weighted by Gasteiger charge is -2.00. The maximum atomic E-state index is 11.6. The Morgan fingerprint density at radius 2 is 1.88 bits per heavy atom. The van der Waals surface area contributed by atoms with E-state index < -0.39 is 15.7 Å². The van der Waals surface area contributed by atoms with Gasteiger partial charge in [0.15, 0.2) is 9.84 Å². The Morgan fingerprint density at radius 3 is 2.38 bits per heavy atom. The standard InChI is InChI=1S/C11H13NO3S/c1-9(11(12)13)7-16(14,15)8-10-5-3-2-4-6-10/h2-7H,8H2,1H3,(H2,12,13). The van der Waals surface area contributed by atoms with Crippen LogP contribution in [0.2, 0.25) is 0 Å². The predicted octanol–water partition coefficient (Wildman–Crippen LogP) is 0.991. The fourth-order valence-corrected chi connectivity index (χ4v) is 2.57. The molecule has 0 saturated carbocycles. The van der Waals surface area contributed by atoms with Crippen molar-refractivity contribution in [1.82, 2.24) is 0 Å². The number of hydrogen-bond donors (Lipinski definition) is 1. The van der Waals surface area contributed by atoms with Crippen molar-refractivity contribution in [3.8, 4) is 0 Å². The summed E-state index contributed by atoms with van der Waals surface area (Å²) in [5.74, 6) is -0.852. The van der Waals surface area contributed by atoms with Gasteiger partial charge >= 0.3 is 0 Å². The van der Waals surface area contributed by atoms with Gasteiger partial charge in [-0.15, -0.1) is 0 Å². The minimum absolute atomic E-state index is 0.0379. The number of sulfone groups is 1. The molecule has 1 rings (SSSR count). The number of nitrogens with two attached hydrogens (primary N) is 1. The van der Waals surface area contributed by atoms with Crippen molar-refractivity contribution in [3.05, 3.63) is 46.9 Å². The van der Waals surface area contributed by atoms with Gasteiger partial charge in [0.1, 0.15) is 0 Å². The van der Waals surface area contributed by atoms with E-state index in [9.17, 15) is 13.2 Å². The molecular weight excluding hydrogens is 226 g/mol. The van der Waals surface area contributed by atoms with Crippen molar-refractivity contribution in [1.29, 1.82) is 0 Å². The Hall–Kier alpha value is -1.62. The Balaban J connectivity index is 2.90. The van der Waals surface area contributed by atoms with Gasteiger partial charge in [0.25, 0.3) is 0 Å². The Morgan fingerprint density at radius 1 is 1.31 bits per heavy atom. The van der Waals surface area contributed by atoms with Crippen molar-refractivity contribution in [2.45, 2.75) is 12.7 Å². The highest BCUT2D eigenvalue weighted by atomic mass is 32.2. The van der Waals surface area contributed by atoms with Crippen LogP contribution in [0.3, 0.4) is 0 Å². The third kappa shape index (κ3) is 3.86. The quantitative estimate of drug-likeness (QED) is 0.796. The fourth-order valence-electron chi connectivity index (χ4n) is 1.18. The normalized spacial score (nSPS) is 12.4. The largest absolute Gasteiger partial charge is 0.366 e. The number of primary amides is 1. The number of hydrogen-bond acceptors (Lipinski definition) is 3. The summed E-state index contributed by atoms with van der Waals surface area (Å²) in [6.07, 6.45) is 0. The molecule has 16 heavy (non-hydrogen) atoms. The lowest BCUT2D eigenvalue weighted by atomic mass is 10.2. The third-order valence-corrected chi connectivity index (χ3v) is 3.40. The van der Waals surface area contributed by atoms with Crippen LogP contribution < -0.4 is 5.73 Å². The summed E-state index contributed by atoms with van der Waals surface area (Å²) >= 11 is 0. The van der Waals surface area contributed by atoms with Gasteiger partial charge in [0.05, 0.1) is 5.75 Å². The van der Waals surface area contributed by atoms with Crippen LogP contribution in [0.15, 0.2) is 41.3 Å².